The molecule has 0 atom stereocenters. The van der Waals surface area contributed by atoms with E-state index >= 15 is 0 Å². The molecular weight excluding hydrogens is 412 g/mol. The maximum atomic E-state index is 12.2. The zero-order valence-corrected chi connectivity index (χ0v) is 17.9. The summed E-state index contributed by atoms with van der Waals surface area (Å²) in [4.78, 5) is 38.0. The smallest absolute Gasteiger partial charge is 0.236 e. The molecule has 0 unspecified atom stereocenters. The number of likely N-dealkylation sites (N-methyl/N-ethyl adjacent to an activating group) is 1. The van der Waals surface area contributed by atoms with E-state index in [0.29, 0.717) is 27.2 Å². The lowest BCUT2D eigenvalue weighted by Gasteiger charge is -2.32. The first-order valence-electron chi connectivity index (χ1n) is 9.14. The molecule has 2 heterocycles. The van der Waals surface area contributed by atoms with Crippen molar-refractivity contribution in [1.82, 2.24) is 14.9 Å². The van der Waals surface area contributed by atoms with Crippen LogP contribution in [-0.4, -0.2) is 66.3 Å². The molecule has 1 aromatic heterocycles. The lowest BCUT2D eigenvalue weighted by molar-refractivity contribution is -0.116. The third-order valence-electron chi connectivity index (χ3n) is 4.43. The third-order valence-corrected chi connectivity index (χ3v) is 5.64. The number of piperazine rings is 1. The first-order valence-corrected chi connectivity index (χ1v) is 10.3. The summed E-state index contributed by atoms with van der Waals surface area (Å²) in [5.74, 6) is -0.0205. The van der Waals surface area contributed by atoms with E-state index < -0.39 is 5.91 Å². The van der Waals surface area contributed by atoms with Gasteiger partial charge in [0.2, 0.25) is 11.9 Å². The van der Waals surface area contributed by atoms with E-state index in [0.717, 1.165) is 31.1 Å². The van der Waals surface area contributed by atoms with E-state index in [1.165, 1.54) is 18.7 Å². The number of anilines is 2. The zero-order chi connectivity index (χ0) is 21.0. The average Bonchev–Trinajstić information content (AvgIpc) is 2.67. The Hall–Kier alpha value is -2.36. The van der Waals surface area contributed by atoms with Crippen molar-refractivity contribution in [1.29, 1.82) is 0 Å². The second-order valence-corrected chi connectivity index (χ2v) is 8.38. The summed E-state index contributed by atoms with van der Waals surface area (Å²) in [6.07, 6.45) is 1.68. The predicted octanol–water partition coefficient (Wildman–Crippen LogP) is 2.13. The number of amides is 1. The Morgan fingerprint density at radius 3 is 2.62 bits per heavy atom. The van der Waals surface area contributed by atoms with Gasteiger partial charge in [-0.05, 0) is 25.2 Å². The average molecular weight is 435 g/mol. The Balaban J connectivity index is 1.83. The molecular formula is C19H23ClN6O2S. The van der Waals surface area contributed by atoms with Crippen LogP contribution in [0.25, 0.3) is 0 Å². The number of ketones is 1. The molecule has 0 radical (unpaired) electrons. The van der Waals surface area contributed by atoms with Crippen molar-refractivity contribution < 1.29 is 9.59 Å². The highest BCUT2D eigenvalue weighted by Gasteiger charge is 2.20. The van der Waals surface area contributed by atoms with E-state index in [2.05, 4.69) is 32.1 Å². The Morgan fingerprint density at radius 2 is 1.97 bits per heavy atom. The van der Waals surface area contributed by atoms with Gasteiger partial charge in [-0.15, -0.1) is 0 Å². The quantitative estimate of drug-likeness (QED) is 0.638. The van der Waals surface area contributed by atoms with Crippen molar-refractivity contribution >= 4 is 46.7 Å². The Kier molecular flexibility index (Phi) is 6.94. The van der Waals surface area contributed by atoms with Crippen molar-refractivity contribution in [3.05, 3.63) is 35.1 Å². The molecule has 154 valence electrons. The fourth-order valence-electron chi connectivity index (χ4n) is 2.89. The van der Waals surface area contributed by atoms with Crippen molar-refractivity contribution in [2.45, 2.75) is 16.7 Å². The number of halogens is 1. The van der Waals surface area contributed by atoms with Gasteiger partial charge in [-0.2, -0.15) is 0 Å². The van der Waals surface area contributed by atoms with Crippen molar-refractivity contribution in [3.8, 4) is 0 Å². The van der Waals surface area contributed by atoms with E-state index in [-0.39, 0.29) is 12.3 Å². The SMILES string of the molecule is CC(=O)c1nc(N2CCN(C)CC2)ncc1Sc1cc(Cl)cc(NCC(N)=O)c1. The Bertz CT molecular complexity index is 918. The van der Waals surface area contributed by atoms with Crippen LogP contribution in [0.1, 0.15) is 17.4 Å². The highest BCUT2D eigenvalue weighted by Crippen LogP contribution is 2.34. The first kappa shape index (κ1) is 21.4. The highest BCUT2D eigenvalue weighted by molar-refractivity contribution is 7.99. The van der Waals surface area contributed by atoms with Gasteiger partial charge < -0.3 is 20.9 Å². The molecule has 0 saturated carbocycles. The number of primary amides is 1. The van der Waals surface area contributed by atoms with E-state index in [9.17, 15) is 9.59 Å². The van der Waals surface area contributed by atoms with Crippen LogP contribution >= 0.6 is 23.4 Å². The number of carbonyl (C=O) groups excluding carboxylic acids is 2. The van der Waals surface area contributed by atoms with E-state index in [1.54, 1.807) is 18.3 Å². The molecule has 1 aliphatic heterocycles. The van der Waals surface area contributed by atoms with Crippen LogP contribution in [0, 0.1) is 0 Å². The summed E-state index contributed by atoms with van der Waals surface area (Å²) in [5, 5.41) is 3.42. The summed E-state index contributed by atoms with van der Waals surface area (Å²) >= 11 is 7.54. The number of nitrogens with zero attached hydrogens (tertiary/aromatic N) is 4. The minimum atomic E-state index is -0.467. The van der Waals surface area contributed by atoms with Crippen LogP contribution in [-0.2, 0) is 4.79 Å². The molecule has 0 spiro atoms. The van der Waals surface area contributed by atoms with Gasteiger partial charge in [-0.25, -0.2) is 9.97 Å². The van der Waals surface area contributed by atoms with Gasteiger partial charge in [0.15, 0.2) is 5.78 Å². The van der Waals surface area contributed by atoms with Crippen LogP contribution in [0.5, 0.6) is 0 Å². The number of hydrogen-bond donors (Lipinski definition) is 2. The molecule has 10 heteroatoms. The van der Waals surface area contributed by atoms with Crippen molar-refractivity contribution in [2.24, 2.45) is 5.73 Å². The monoisotopic (exact) mass is 434 g/mol. The molecule has 1 fully saturated rings. The summed E-state index contributed by atoms with van der Waals surface area (Å²) in [6, 6.07) is 5.31. The third kappa shape index (κ3) is 5.81. The van der Waals surface area contributed by atoms with Crippen LogP contribution in [0.3, 0.4) is 0 Å². The molecule has 3 N–H and O–H groups in total. The highest BCUT2D eigenvalue weighted by atomic mass is 35.5. The number of hydrogen-bond acceptors (Lipinski definition) is 8. The molecule has 29 heavy (non-hydrogen) atoms. The second kappa shape index (κ2) is 9.43. The van der Waals surface area contributed by atoms with Gasteiger partial charge in [0.1, 0.15) is 5.69 Å². The molecule has 1 aliphatic rings. The summed E-state index contributed by atoms with van der Waals surface area (Å²) < 4.78 is 0. The minimum absolute atomic E-state index is 0.00593. The normalized spacial score (nSPS) is 14.7. The number of benzene rings is 1. The number of aromatic nitrogens is 2. The lowest BCUT2D eigenvalue weighted by Crippen LogP contribution is -2.45. The Labute approximate surface area is 178 Å². The first-order chi connectivity index (χ1) is 13.8. The maximum Gasteiger partial charge on any atom is 0.236 e. The van der Waals surface area contributed by atoms with E-state index in [1.807, 2.05) is 6.07 Å². The summed E-state index contributed by atoms with van der Waals surface area (Å²) in [5.41, 5.74) is 6.22. The standard InChI is InChI=1S/C19H23ClN6O2S/c1-12(27)18-16(10-23-19(24-18)26-5-3-25(2)4-6-26)29-15-8-13(20)7-14(9-15)22-11-17(21)28/h7-10,22H,3-6,11H2,1-2H3,(H2,21,28). The largest absolute Gasteiger partial charge is 0.376 e. The molecule has 1 aromatic carbocycles. The van der Waals surface area contributed by atoms with Gasteiger partial charge in [0.25, 0.3) is 0 Å². The second-order valence-electron chi connectivity index (χ2n) is 6.83. The molecule has 0 aliphatic carbocycles. The van der Waals surface area contributed by atoms with Gasteiger partial charge in [0.05, 0.1) is 11.4 Å². The van der Waals surface area contributed by atoms with Crippen LogP contribution in [0.15, 0.2) is 34.2 Å². The van der Waals surface area contributed by atoms with Crippen LogP contribution < -0.4 is 16.0 Å². The minimum Gasteiger partial charge on any atom is -0.376 e. The number of Topliss-reactive ketones (excluding diaryl/α,β-unsaturated/α-hetero) is 1. The van der Waals surface area contributed by atoms with Crippen molar-refractivity contribution in [3.63, 3.8) is 0 Å². The molecule has 3 rings (SSSR count). The van der Waals surface area contributed by atoms with Gasteiger partial charge in [-0.1, -0.05) is 23.4 Å². The lowest BCUT2D eigenvalue weighted by atomic mass is 10.3. The van der Waals surface area contributed by atoms with Crippen LogP contribution in [0.4, 0.5) is 11.6 Å². The molecule has 1 amide bonds. The molecule has 2 aromatic rings. The molecule has 0 bridgehead atoms. The number of rotatable bonds is 7. The van der Waals surface area contributed by atoms with Gasteiger partial charge >= 0.3 is 0 Å². The maximum absolute atomic E-state index is 12.2. The topological polar surface area (TPSA) is 104 Å². The number of nitrogens with one attached hydrogen (secondary N) is 1. The zero-order valence-electron chi connectivity index (χ0n) is 16.3. The Morgan fingerprint density at radius 1 is 1.24 bits per heavy atom. The number of carbonyl (C=O) groups is 2. The van der Waals surface area contributed by atoms with Gasteiger partial charge in [-0.3, -0.25) is 9.59 Å². The summed E-state index contributed by atoms with van der Waals surface area (Å²) in [6.45, 7) is 5.01. The fourth-order valence-corrected chi connectivity index (χ4v) is 4.20. The molecule has 1 saturated heterocycles. The van der Waals surface area contributed by atoms with E-state index in [4.69, 9.17) is 17.3 Å². The van der Waals surface area contributed by atoms with Crippen LogP contribution in [0.2, 0.25) is 5.02 Å². The van der Waals surface area contributed by atoms with Gasteiger partial charge in [0, 0.05) is 54.9 Å². The fraction of sp³-hybridized carbons (Fsp3) is 0.368. The number of nitrogens with two attached hydrogens (primary N) is 1. The summed E-state index contributed by atoms with van der Waals surface area (Å²) in [7, 11) is 2.08. The van der Waals surface area contributed by atoms with Crippen molar-refractivity contribution in [2.75, 3.05) is 50.0 Å². The predicted molar refractivity (Wildman–Crippen MR) is 115 cm³/mol. The molecule has 8 nitrogen and oxygen atoms in total.